The predicted molar refractivity (Wildman–Crippen MR) is 107 cm³/mol. The third kappa shape index (κ3) is 6.30. The topological polar surface area (TPSA) is 35.5 Å². The number of carbonyl (C=O) groups is 1. The Morgan fingerprint density at radius 1 is 1.12 bits per heavy atom. The van der Waals surface area contributed by atoms with Gasteiger partial charge in [-0.1, -0.05) is 35.4 Å². The van der Waals surface area contributed by atoms with Crippen molar-refractivity contribution in [1.29, 1.82) is 0 Å². The van der Waals surface area contributed by atoms with Crippen LogP contribution in [0.4, 0.5) is 0 Å². The fourth-order valence-corrected chi connectivity index (χ4v) is 3.09. The number of hydrogen-bond acceptors (Lipinski definition) is 3. The summed E-state index contributed by atoms with van der Waals surface area (Å²) in [5.74, 6) is -0.236. The van der Waals surface area contributed by atoms with Crippen LogP contribution in [0.25, 0.3) is 5.57 Å². The van der Waals surface area contributed by atoms with E-state index in [9.17, 15) is 4.79 Å². The van der Waals surface area contributed by atoms with E-state index in [0.717, 1.165) is 36.8 Å². The number of hydrogen-bond donors (Lipinski definition) is 0. The van der Waals surface area contributed by atoms with E-state index in [2.05, 4.69) is 45.1 Å². The average molecular weight is 354 g/mol. The molecule has 0 spiro atoms. The summed E-state index contributed by atoms with van der Waals surface area (Å²) in [6.45, 7) is 7.38. The first-order chi connectivity index (χ1) is 12.5. The summed E-state index contributed by atoms with van der Waals surface area (Å²) in [7, 11) is 1.69. The fourth-order valence-electron chi connectivity index (χ4n) is 3.09. The van der Waals surface area contributed by atoms with E-state index in [1.54, 1.807) is 7.11 Å². The fraction of sp³-hybridized carbons (Fsp3) is 0.435. The molecule has 0 atom stereocenters. The normalized spacial score (nSPS) is 14.2. The van der Waals surface area contributed by atoms with Crippen molar-refractivity contribution in [2.75, 3.05) is 13.7 Å². The second-order valence-corrected chi connectivity index (χ2v) is 7.10. The van der Waals surface area contributed by atoms with Gasteiger partial charge in [-0.15, -0.1) is 0 Å². The van der Waals surface area contributed by atoms with Gasteiger partial charge in [0.05, 0.1) is 12.2 Å². The number of allylic oxidation sites excluding steroid dienone is 4. The van der Waals surface area contributed by atoms with E-state index in [-0.39, 0.29) is 5.97 Å². The molecule has 1 aliphatic heterocycles. The predicted octanol–water partition coefficient (Wildman–Crippen LogP) is 5.40. The van der Waals surface area contributed by atoms with E-state index in [0.29, 0.717) is 18.8 Å². The van der Waals surface area contributed by atoms with Crippen molar-refractivity contribution in [3.63, 3.8) is 0 Å². The number of benzene rings is 1. The van der Waals surface area contributed by atoms with Gasteiger partial charge in [-0.05, 0) is 75.3 Å². The van der Waals surface area contributed by atoms with Crippen molar-refractivity contribution in [1.82, 2.24) is 0 Å². The van der Waals surface area contributed by atoms with Crippen LogP contribution >= 0.6 is 0 Å². The third-order valence-corrected chi connectivity index (χ3v) is 4.41. The molecule has 0 unspecified atom stereocenters. The Morgan fingerprint density at radius 2 is 1.88 bits per heavy atom. The molecule has 0 saturated carbocycles. The highest BCUT2D eigenvalue weighted by Gasteiger charge is 2.19. The van der Waals surface area contributed by atoms with E-state index >= 15 is 0 Å². The van der Waals surface area contributed by atoms with Crippen LogP contribution in [-0.4, -0.2) is 19.7 Å². The summed E-state index contributed by atoms with van der Waals surface area (Å²) in [5, 5.41) is 0. The van der Waals surface area contributed by atoms with Crippen LogP contribution < -0.4 is 0 Å². The second-order valence-electron chi connectivity index (χ2n) is 7.10. The molecule has 0 bridgehead atoms. The number of rotatable bonds is 9. The zero-order valence-corrected chi connectivity index (χ0v) is 16.4. The van der Waals surface area contributed by atoms with Crippen molar-refractivity contribution >= 4 is 11.5 Å². The van der Waals surface area contributed by atoms with E-state index < -0.39 is 0 Å². The first-order valence-electron chi connectivity index (χ1n) is 9.28. The molecule has 1 aliphatic rings. The highest BCUT2D eigenvalue weighted by molar-refractivity contribution is 6.18. The Bertz CT molecular complexity index is 719. The summed E-state index contributed by atoms with van der Waals surface area (Å²) in [4.78, 5) is 11.9. The molecular formula is C23H30O3. The zero-order valence-electron chi connectivity index (χ0n) is 16.4. The van der Waals surface area contributed by atoms with Gasteiger partial charge < -0.3 is 9.47 Å². The van der Waals surface area contributed by atoms with Crippen LogP contribution in [0.2, 0.25) is 0 Å². The van der Waals surface area contributed by atoms with E-state index in [4.69, 9.17) is 9.47 Å². The Morgan fingerprint density at radius 3 is 2.54 bits per heavy atom. The molecule has 0 radical (unpaired) electrons. The lowest BCUT2D eigenvalue weighted by atomic mass is 9.97. The number of methoxy groups -OCH3 is 1. The van der Waals surface area contributed by atoms with Crippen molar-refractivity contribution in [3.05, 3.63) is 64.3 Å². The summed E-state index contributed by atoms with van der Waals surface area (Å²) >= 11 is 0. The Balaban J connectivity index is 2.05. The van der Waals surface area contributed by atoms with Crippen LogP contribution in [0.3, 0.4) is 0 Å². The van der Waals surface area contributed by atoms with E-state index in [1.165, 1.54) is 16.7 Å². The minimum absolute atomic E-state index is 0.236. The van der Waals surface area contributed by atoms with Crippen molar-refractivity contribution < 1.29 is 14.3 Å². The average Bonchev–Trinajstić information content (AvgIpc) is 3.01. The monoisotopic (exact) mass is 354 g/mol. The largest absolute Gasteiger partial charge is 0.458 e. The summed E-state index contributed by atoms with van der Waals surface area (Å²) in [5.41, 5.74) is 6.71. The summed E-state index contributed by atoms with van der Waals surface area (Å²) in [6.07, 6.45) is 10.6. The molecule has 0 amide bonds. The molecule has 0 aromatic heterocycles. The Kier molecular flexibility index (Phi) is 7.86. The zero-order chi connectivity index (χ0) is 18.9. The maximum atomic E-state index is 11.9. The maximum absolute atomic E-state index is 11.9. The molecule has 2 rings (SSSR count). The molecule has 1 aromatic carbocycles. The lowest BCUT2D eigenvalue weighted by molar-refractivity contribution is -0.133. The van der Waals surface area contributed by atoms with Gasteiger partial charge >= 0.3 is 5.97 Å². The minimum atomic E-state index is -0.236. The Labute approximate surface area is 157 Å². The molecule has 0 N–H and O–H groups in total. The quantitative estimate of drug-likeness (QED) is 0.440. The molecule has 1 aromatic rings. The van der Waals surface area contributed by atoms with Crippen molar-refractivity contribution in [2.45, 2.75) is 53.1 Å². The molecule has 0 saturated heterocycles. The first kappa shape index (κ1) is 20.2. The highest BCUT2D eigenvalue weighted by Crippen LogP contribution is 2.24. The van der Waals surface area contributed by atoms with Crippen LogP contribution in [0.1, 0.15) is 56.7 Å². The molecule has 26 heavy (non-hydrogen) atoms. The van der Waals surface area contributed by atoms with Crippen molar-refractivity contribution in [2.24, 2.45) is 0 Å². The van der Waals surface area contributed by atoms with Crippen LogP contribution in [-0.2, 0) is 27.3 Å². The molecule has 140 valence electrons. The first-order valence-corrected chi connectivity index (χ1v) is 9.28. The van der Waals surface area contributed by atoms with Gasteiger partial charge in [-0.2, -0.15) is 0 Å². The van der Waals surface area contributed by atoms with Gasteiger partial charge in [0.2, 0.25) is 0 Å². The highest BCUT2D eigenvalue weighted by atomic mass is 16.5. The molecule has 0 fully saturated rings. The van der Waals surface area contributed by atoms with Gasteiger partial charge in [0.25, 0.3) is 0 Å². The third-order valence-electron chi connectivity index (χ3n) is 4.41. The van der Waals surface area contributed by atoms with Gasteiger partial charge in [-0.3, -0.25) is 0 Å². The van der Waals surface area contributed by atoms with Gasteiger partial charge in [0.15, 0.2) is 0 Å². The number of aryl methyl sites for hydroxylation is 1. The lowest BCUT2D eigenvalue weighted by Crippen LogP contribution is -2.01. The van der Waals surface area contributed by atoms with E-state index in [1.807, 2.05) is 12.1 Å². The lowest BCUT2D eigenvalue weighted by Gasteiger charge is -2.09. The summed E-state index contributed by atoms with van der Waals surface area (Å²) in [6, 6.07) is 6.29. The molecular weight excluding hydrogens is 324 g/mol. The van der Waals surface area contributed by atoms with Crippen molar-refractivity contribution in [3.8, 4) is 0 Å². The van der Waals surface area contributed by atoms with Crippen LogP contribution in [0.15, 0.2) is 47.6 Å². The van der Waals surface area contributed by atoms with Gasteiger partial charge in [-0.25, -0.2) is 4.79 Å². The van der Waals surface area contributed by atoms with Gasteiger partial charge in [0, 0.05) is 7.11 Å². The van der Waals surface area contributed by atoms with Gasteiger partial charge in [0.1, 0.15) is 6.61 Å². The van der Waals surface area contributed by atoms with Crippen LogP contribution in [0, 0.1) is 0 Å². The molecule has 1 heterocycles. The maximum Gasteiger partial charge on any atom is 0.338 e. The molecule has 3 nitrogen and oxygen atoms in total. The Hall–Kier alpha value is -2.13. The number of carbonyl (C=O) groups excluding carboxylic acids is 1. The molecule has 0 aliphatic carbocycles. The number of ether oxygens (including phenoxy) is 2. The minimum Gasteiger partial charge on any atom is -0.458 e. The van der Waals surface area contributed by atoms with Crippen LogP contribution in [0.5, 0.6) is 0 Å². The molecule has 3 heteroatoms. The summed E-state index contributed by atoms with van der Waals surface area (Å²) < 4.78 is 10.3. The smallest absolute Gasteiger partial charge is 0.338 e. The number of esters is 1. The SMILES string of the molecule is COCc1cc(CC/C=C(\C)CCC=C(C)C)cc(C2=CCOC2=O)c1. The number of cyclic esters (lactones) is 1. The standard InChI is InChI=1S/C23H30O3/c1-17(2)7-5-8-18(3)9-6-10-19-13-20(16-25-4)15-21(14-19)22-11-12-26-23(22)24/h7,9,11,13-15H,5-6,8,10,12,16H2,1-4H3/b18-9+. The second kappa shape index (κ2) is 10.1.